The molecule has 0 unspecified atom stereocenters. The molecular weight excluding hydrogens is 424 g/mol. The average Bonchev–Trinajstić information content (AvgIpc) is 3.21. The van der Waals surface area contributed by atoms with Crippen LogP contribution in [0.4, 0.5) is 11.4 Å². The number of fused-ring (bicyclic) bond motifs is 2. The molecule has 3 aromatic rings. The van der Waals surface area contributed by atoms with E-state index in [0.717, 1.165) is 17.7 Å². The summed E-state index contributed by atoms with van der Waals surface area (Å²) in [5, 5.41) is 0.640. The number of nitrogens with zero attached hydrogens (tertiary/aromatic N) is 2. The van der Waals surface area contributed by atoms with Crippen molar-refractivity contribution in [3.05, 3.63) is 88.4 Å². The lowest BCUT2D eigenvalue weighted by molar-refractivity contribution is -0.132. The van der Waals surface area contributed by atoms with Crippen molar-refractivity contribution >= 4 is 34.8 Å². The summed E-state index contributed by atoms with van der Waals surface area (Å²) in [7, 11) is 0. The lowest BCUT2D eigenvalue weighted by Gasteiger charge is -2.39. The molecule has 0 saturated heterocycles. The van der Waals surface area contributed by atoms with Crippen molar-refractivity contribution in [2.75, 3.05) is 16.3 Å². The third-order valence-electron chi connectivity index (χ3n) is 6.01. The van der Waals surface area contributed by atoms with Gasteiger partial charge in [0.15, 0.2) is 5.60 Å². The van der Waals surface area contributed by atoms with E-state index in [4.69, 9.17) is 16.3 Å². The zero-order valence-corrected chi connectivity index (χ0v) is 18.7. The van der Waals surface area contributed by atoms with Crippen molar-refractivity contribution in [2.45, 2.75) is 32.4 Å². The average molecular weight is 447 g/mol. The summed E-state index contributed by atoms with van der Waals surface area (Å²) in [4.78, 5) is 30.1. The summed E-state index contributed by atoms with van der Waals surface area (Å²) < 4.78 is 6.00. The summed E-state index contributed by atoms with van der Waals surface area (Å²) in [6.45, 7) is 4.52. The summed E-state index contributed by atoms with van der Waals surface area (Å²) >= 11 is 6.02. The molecule has 0 atom stereocenters. The van der Waals surface area contributed by atoms with E-state index in [9.17, 15) is 9.59 Å². The van der Waals surface area contributed by atoms with Gasteiger partial charge in [0.25, 0.3) is 11.8 Å². The van der Waals surface area contributed by atoms with Gasteiger partial charge in [-0.25, -0.2) is 0 Å². The Morgan fingerprint density at radius 1 is 1.03 bits per heavy atom. The maximum absolute atomic E-state index is 13.4. The van der Waals surface area contributed by atoms with E-state index in [2.05, 4.69) is 6.07 Å². The van der Waals surface area contributed by atoms with Crippen molar-refractivity contribution in [3.63, 3.8) is 0 Å². The molecule has 0 aliphatic carbocycles. The van der Waals surface area contributed by atoms with Crippen LogP contribution in [0.1, 0.15) is 35.3 Å². The maximum atomic E-state index is 13.4. The molecule has 0 saturated carbocycles. The minimum Gasteiger partial charge on any atom is -0.476 e. The number of anilines is 2. The highest BCUT2D eigenvalue weighted by atomic mass is 35.5. The maximum Gasteiger partial charge on any atom is 0.271 e. The quantitative estimate of drug-likeness (QED) is 0.552. The Hall–Kier alpha value is -3.31. The van der Waals surface area contributed by atoms with Gasteiger partial charge in [0.2, 0.25) is 0 Å². The Bertz CT molecular complexity index is 1220. The third-order valence-corrected chi connectivity index (χ3v) is 6.26. The number of ether oxygens (including phenoxy) is 1. The van der Waals surface area contributed by atoms with Crippen LogP contribution in [0.15, 0.2) is 66.7 Å². The van der Waals surface area contributed by atoms with E-state index >= 15 is 0 Å². The molecule has 162 valence electrons. The van der Waals surface area contributed by atoms with Crippen LogP contribution in [0.5, 0.6) is 5.75 Å². The van der Waals surface area contributed by atoms with Crippen molar-refractivity contribution < 1.29 is 14.3 Å². The van der Waals surface area contributed by atoms with E-state index < -0.39 is 5.60 Å². The summed E-state index contributed by atoms with van der Waals surface area (Å²) in [6, 6.07) is 20.7. The first-order chi connectivity index (χ1) is 15.3. The topological polar surface area (TPSA) is 49.9 Å². The second-order valence-corrected chi connectivity index (χ2v) is 9.08. The molecule has 2 aliphatic rings. The van der Waals surface area contributed by atoms with Crippen molar-refractivity contribution in [1.82, 2.24) is 0 Å². The van der Waals surface area contributed by atoms with Gasteiger partial charge in [0, 0.05) is 22.8 Å². The van der Waals surface area contributed by atoms with Gasteiger partial charge in [-0.05, 0) is 67.8 Å². The lowest BCUT2D eigenvalue weighted by atomic mass is 10.0. The lowest BCUT2D eigenvalue weighted by Crippen LogP contribution is -2.52. The number of carbonyl (C=O) groups excluding carboxylic acids is 2. The molecule has 6 heteroatoms. The van der Waals surface area contributed by atoms with Crippen LogP contribution in [0.3, 0.4) is 0 Å². The number of rotatable bonds is 3. The second-order valence-electron chi connectivity index (χ2n) is 8.65. The van der Waals surface area contributed by atoms with E-state index in [-0.39, 0.29) is 11.8 Å². The zero-order chi connectivity index (χ0) is 22.5. The third kappa shape index (κ3) is 3.53. The molecule has 0 bridgehead atoms. The number of hydrogen-bond acceptors (Lipinski definition) is 3. The van der Waals surface area contributed by atoms with E-state index in [1.807, 2.05) is 30.3 Å². The number of carbonyl (C=O) groups is 2. The van der Waals surface area contributed by atoms with Crippen LogP contribution >= 0.6 is 11.6 Å². The van der Waals surface area contributed by atoms with Gasteiger partial charge in [0.05, 0.1) is 12.2 Å². The van der Waals surface area contributed by atoms with Gasteiger partial charge < -0.3 is 14.5 Å². The summed E-state index contributed by atoms with van der Waals surface area (Å²) in [5.41, 5.74) is 3.18. The predicted molar refractivity (Wildman–Crippen MR) is 126 cm³/mol. The Morgan fingerprint density at radius 3 is 2.56 bits per heavy atom. The van der Waals surface area contributed by atoms with Crippen LogP contribution < -0.4 is 14.5 Å². The fourth-order valence-electron chi connectivity index (χ4n) is 4.34. The van der Waals surface area contributed by atoms with Crippen LogP contribution in [0.25, 0.3) is 0 Å². The van der Waals surface area contributed by atoms with Gasteiger partial charge in [-0.1, -0.05) is 41.9 Å². The standard InChI is InChI=1S/C26H23ClN2O3/c1-26(2)25(31)29(16-17-7-10-20(27)11-8-17)22-15-19(9-12-23(22)32-26)24(30)28-14-13-18-5-3-4-6-21(18)28/h3-12,15H,13-14,16H2,1-2H3. The number of para-hydroxylation sites is 1. The van der Waals surface area contributed by atoms with Crippen molar-refractivity contribution in [1.29, 1.82) is 0 Å². The molecule has 0 aromatic heterocycles. The predicted octanol–water partition coefficient (Wildman–Crippen LogP) is 5.25. The van der Waals surface area contributed by atoms with Gasteiger partial charge in [-0.3, -0.25) is 9.59 Å². The molecule has 32 heavy (non-hydrogen) atoms. The molecule has 0 N–H and O–H groups in total. The Labute approximate surface area is 192 Å². The first-order valence-electron chi connectivity index (χ1n) is 10.6. The van der Waals surface area contributed by atoms with Gasteiger partial charge in [-0.2, -0.15) is 0 Å². The molecule has 5 rings (SSSR count). The highest BCUT2D eigenvalue weighted by Gasteiger charge is 2.41. The van der Waals surface area contributed by atoms with Crippen LogP contribution in [0.2, 0.25) is 5.02 Å². The summed E-state index contributed by atoms with van der Waals surface area (Å²) in [5.74, 6) is 0.347. The Balaban J connectivity index is 1.52. The van der Waals surface area contributed by atoms with Crippen molar-refractivity contribution in [3.8, 4) is 5.75 Å². The number of halogens is 1. The van der Waals surface area contributed by atoms with Crippen LogP contribution in [-0.2, 0) is 17.8 Å². The van der Waals surface area contributed by atoms with Gasteiger partial charge in [-0.15, -0.1) is 0 Å². The summed E-state index contributed by atoms with van der Waals surface area (Å²) in [6.07, 6.45) is 0.839. The van der Waals surface area contributed by atoms with E-state index in [1.54, 1.807) is 54.0 Å². The SMILES string of the molecule is CC1(C)Oc2ccc(C(=O)N3CCc4ccccc43)cc2N(Cc2ccc(Cl)cc2)C1=O. The molecule has 2 heterocycles. The zero-order valence-electron chi connectivity index (χ0n) is 18.0. The monoisotopic (exact) mass is 446 g/mol. The van der Waals surface area contributed by atoms with Crippen LogP contribution in [-0.4, -0.2) is 24.0 Å². The fraction of sp³-hybridized carbons (Fsp3) is 0.231. The largest absolute Gasteiger partial charge is 0.476 e. The van der Waals surface area contributed by atoms with E-state index in [0.29, 0.717) is 35.1 Å². The number of benzene rings is 3. The minimum atomic E-state index is -1.00. The first kappa shape index (κ1) is 20.6. The van der Waals surface area contributed by atoms with E-state index in [1.165, 1.54) is 5.56 Å². The fourth-order valence-corrected chi connectivity index (χ4v) is 4.46. The first-order valence-corrected chi connectivity index (χ1v) is 11.0. The second kappa shape index (κ2) is 7.68. The molecule has 2 aliphatic heterocycles. The van der Waals surface area contributed by atoms with Gasteiger partial charge in [0.1, 0.15) is 5.75 Å². The van der Waals surface area contributed by atoms with Crippen LogP contribution in [0, 0.1) is 0 Å². The molecular formula is C26H23ClN2O3. The van der Waals surface area contributed by atoms with Gasteiger partial charge >= 0.3 is 0 Å². The Morgan fingerprint density at radius 2 is 1.78 bits per heavy atom. The molecule has 0 radical (unpaired) electrons. The number of amides is 2. The molecule has 2 amide bonds. The number of hydrogen-bond donors (Lipinski definition) is 0. The Kier molecular flexibility index (Phi) is 4.94. The van der Waals surface area contributed by atoms with Crippen molar-refractivity contribution in [2.24, 2.45) is 0 Å². The highest BCUT2D eigenvalue weighted by Crippen LogP contribution is 2.40. The molecule has 0 spiro atoms. The molecule has 0 fully saturated rings. The minimum absolute atomic E-state index is 0.0820. The molecule has 5 nitrogen and oxygen atoms in total. The normalized spacial score (nSPS) is 16.4. The molecule has 3 aromatic carbocycles. The smallest absolute Gasteiger partial charge is 0.271 e. The highest BCUT2D eigenvalue weighted by molar-refractivity contribution is 6.30.